The van der Waals surface area contributed by atoms with Crippen molar-refractivity contribution >= 4 is 5.91 Å². The van der Waals surface area contributed by atoms with Crippen LogP contribution in [0.5, 0.6) is 0 Å². The zero-order valence-electron chi connectivity index (χ0n) is 12.8. The van der Waals surface area contributed by atoms with Gasteiger partial charge in [0.1, 0.15) is 5.69 Å². The number of rotatable bonds is 8. The number of nitrogens with zero attached hydrogens (tertiary/aromatic N) is 3. The first-order valence-electron chi connectivity index (χ1n) is 7.01. The van der Waals surface area contributed by atoms with Crippen molar-refractivity contribution in [2.45, 2.75) is 33.2 Å². The van der Waals surface area contributed by atoms with Crippen LogP contribution in [-0.2, 0) is 11.3 Å². The van der Waals surface area contributed by atoms with Crippen LogP contribution in [0, 0.1) is 0 Å². The molecule has 1 N–H and O–H groups in total. The quantitative estimate of drug-likeness (QED) is 0.776. The molecule has 6 nitrogen and oxygen atoms in total. The molecule has 20 heavy (non-hydrogen) atoms. The monoisotopic (exact) mass is 283 g/mol. The first-order chi connectivity index (χ1) is 9.54. The first kappa shape index (κ1) is 16.7. The molecule has 1 aromatic heterocycles. The molecule has 0 fully saturated rings. The van der Waals surface area contributed by atoms with E-state index in [1.54, 1.807) is 16.7 Å². The van der Waals surface area contributed by atoms with Crippen molar-refractivity contribution in [2.24, 2.45) is 0 Å². The minimum atomic E-state index is -0.114. The number of aliphatic hydroxyl groups excluding tert-OH is 1. The fraction of sp³-hybridized carbons (Fsp3) is 0.714. The highest BCUT2D eigenvalue weighted by Crippen LogP contribution is 2.16. The molecule has 0 saturated carbocycles. The smallest absolute Gasteiger partial charge is 0.272 e. The summed E-state index contributed by atoms with van der Waals surface area (Å²) >= 11 is 0. The lowest BCUT2D eigenvalue weighted by Gasteiger charge is -2.21. The van der Waals surface area contributed by atoms with E-state index in [4.69, 9.17) is 9.84 Å². The summed E-state index contributed by atoms with van der Waals surface area (Å²) < 4.78 is 6.72. The molecule has 0 aliphatic rings. The number of hydrogen-bond acceptors (Lipinski definition) is 4. The number of aryl methyl sites for hydroxylation is 1. The molecule has 0 saturated heterocycles. The molecule has 1 rings (SSSR count). The fourth-order valence-electron chi connectivity index (χ4n) is 1.93. The Morgan fingerprint density at radius 1 is 1.50 bits per heavy atom. The van der Waals surface area contributed by atoms with Gasteiger partial charge in [-0.05, 0) is 18.9 Å². The van der Waals surface area contributed by atoms with Gasteiger partial charge in [0.05, 0.1) is 18.9 Å². The summed E-state index contributed by atoms with van der Waals surface area (Å²) in [6.07, 6.45) is 0. The molecule has 0 aliphatic carbocycles. The van der Waals surface area contributed by atoms with Crippen molar-refractivity contribution in [1.29, 1.82) is 0 Å². The van der Waals surface area contributed by atoms with Crippen LogP contribution in [0.4, 0.5) is 0 Å². The van der Waals surface area contributed by atoms with E-state index in [0.29, 0.717) is 31.9 Å². The molecular weight excluding hydrogens is 258 g/mol. The SMILES string of the molecule is CCn1nc(C(C)C)cc1C(=O)N(CCO)CCOC. The second kappa shape index (κ2) is 8.01. The van der Waals surface area contributed by atoms with Crippen LogP contribution in [0.2, 0.25) is 0 Å². The lowest BCUT2D eigenvalue weighted by Crippen LogP contribution is -2.37. The van der Waals surface area contributed by atoms with E-state index in [-0.39, 0.29) is 18.4 Å². The van der Waals surface area contributed by atoms with Gasteiger partial charge in [-0.25, -0.2) is 0 Å². The average Bonchev–Trinajstić information content (AvgIpc) is 2.87. The molecule has 1 heterocycles. The standard InChI is InChI=1S/C14H25N3O3/c1-5-17-13(10-12(15-17)11(2)3)14(19)16(6-8-18)7-9-20-4/h10-11,18H,5-9H2,1-4H3. The fourth-order valence-corrected chi connectivity index (χ4v) is 1.93. The summed E-state index contributed by atoms with van der Waals surface area (Å²) in [5.74, 6) is 0.164. The van der Waals surface area contributed by atoms with Crippen molar-refractivity contribution in [1.82, 2.24) is 14.7 Å². The van der Waals surface area contributed by atoms with Gasteiger partial charge in [0.2, 0.25) is 0 Å². The molecule has 0 atom stereocenters. The maximum absolute atomic E-state index is 12.6. The van der Waals surface area contributed by atoms with Crippen LogP contribution in [0.15, 0.2) is 6.07 Å². The van der Waals surface area contributed by atoms with Crippen molar-refractivity contribution < 1.29 is 14.6 Å². The molecule has 0 radical (unpaired) electrons. The number of methoxy groups -OCH3 is 1. The molecule has 1 aromatic rings. The summed E-state index contributed by atoms with van der Waals surface area (Å²) in [6.45, 7) is 7.84. The van der Waals surface area contributed by atoms with Gasteiger partial charge in [-0.15, -0.1) is 0 Å². The largest absolute Gasteiger partial charge is 0.395 e. The Hall–Kier alpha value is -1.40. The lowest BCUT2D eigenvalue weighted by molar-refractivity contribution is 0.0644. The molecule has 0 aliphatic heterocycles. The summed E-state index contributed by atoms with van der Waals surface area (Å²) in [6, 6.07) is 1.84. The van der Waals surface area contributed by atoms with Crippen molar-refractivity contribution in [2.75, 3.05) is 33.4 Å². The third kappa shape index (κ3) is 4.05. The topological polar surface area (TPSA) is 67.6 Å². The average molecular weight is 283 g/mol. The van der Waals surface area contributed by atoms with E-state index in [2.05, 4.69) is 5.10 Å². The molecule has 0 bridgehead atoms. The lowest BCUT2D eigenvalue weighted by atomic mass is 10.1. The third-order valence-corrected chi connectivity index (χ3v) is 3.13. The van der Waals surface area contributed by atoms with Gasteiger partial charge in [-0.1, -0.05) is 13.8 Å². The number of aromatic nitrogens is 2. The Bertz CT molecular complexity index is 429. The van der Waals surface area contributed by atoms with E-state index in [1.165, 1.54) is 0 Å². The van der Waals surface area contributed by atoms with Crippen molar-refractivity contribution in [3.63, 3.8) is 0 Å². The van der Waals surface area contributed by atoms with Crippen LogP contribution in [0.3, 0.4) is 0 Å². The number of carbonyl (C=O) groups is 1. The first-order valence-corrected chi connectivity index (χ1v) is 7.01. The minimum Gasteiger partial charge on any atom is -0.395 e. The number of ether oxygens (including phenoxy) is 1. The van der Waals surface area contributed by atoms with E-state index < -0.39 is 0 Å². The third-order valence-electron chi connectivity index (χ3n) is 3.13. The molecular formula is C14H25N3O3. The van der Waals surface area contributed by atoms with Gasteiger partial charge >= 0.3 is 0 Å². The minimum absolute atomic E-state index is 0.0627. The molecule has 114 valence electrons. The van der Waals surface area contributed by atoms with Gasteiger partial charge < -0.3 is 14.7 Å². The summed E-state index contributed by atoms with van der Waals surface area (Å²) in [4.78, 5) is 14.1. The zero-order chi connectivity index (χ0) is 15.1. The van der Waals surface area contributed by atoms with Crippen molar-refractivity contribution in [3.05, 3.63) is 17.5 Å². The normalized spacial score (nSPS) is 11.1. The molecule has 6 heteroatoms. The zero-order valence-corrected chi connectivity index (χ0v) is 12.8. The van der Waals surface area contributed by atoms with Crippen LogP contribution in [-0.4, -0.2) is 59.1 Å². The number of hydrogen-bond donors (Lipinski definition) is 1. The predicted molar refractivity (Wildman–Crippen MR) is 76.9 cm³/mol. The second-order valence-electron chi connectivity index (χ2n) is 4.93. The van der Waals surface area contributed by atoms with E-state index in [1.807, 2.05) is 26.8 Å². The number of carbonyl (C=O) groups excluding carboxylic acids is 1. The van der Waals surface area contributed by atoms with E-state index in [9.17, 15) is 4.79 Å². The van der Waals surface area contributed by atoms with Gasteiger partial charge in [0.25, 0.3) is 5.91 Å². The highest BCUT2D eigenvalue weighted by molar-refractivity contribution is 5.92. The van der Waals surface area contributed by atoms with Crippen molar-refractivity contribution in [3.8, 4) is 0 Å². The molecule has 1 amide bonds. The molecule has 0 spiro atoms. The maximum atomic E-state index is 12.6. The summed E-state index contributed by atoms with van der Waals surface area (Å²) in [7, 11) is 1.59. The Kier molecular flexibility index (Phi) is 6.67. The van der Waals surface area contributed by atoms with Crippen LogP contribution in [0.1, 0.15) is 42.9 Å². The number of aliphatic hydroxyl groups is 1. The van der Waals surface area contributed by atoms with Crippen LogP contribution in [0.25, 0.3) is 0 Å². The van der Waals surface area contributed by atoms with E-state index >= 15 is 0 Å². The van der Waals surface area contributed by atoms with Gasteiger partial charge in [0, 0.05) is 26.7 Å². The molecule has 0 aromatic carbocycles. The van der Waals surface area contributed by atoms with Gasteiger partial charge in [-0.2, -0.15) is 5.10 Å². The van der Waals surface area contributed by atoms with E-state index in [0.717, 1.165) is 5.69 Å². The second-order valence-corrected chi connectivity index (χ2v) is 4.93. The van der Waals surface area contributed by atoms with Crippen LogP contribution >= 0.6 is 0 Å². The number of amides is 1. The maximum Gasteiger partial charge on any atom is 0.272 e. The summed E-state index contributed by atoms with van der Waals surface area (Å²) in [5, 5.41) is 13.5. The van der Waals surface area contributed by atoms with Gasteiger partial charge in [-0.3, -0.25) is 9.48 Å². The Morgan fingerprint density at radius 3 is 2.70 bits per heavy atom. The Balaban J connectivity index is 2.97. The predicted octanol–water partition coefficient (Wildman–Crippen LogP) is 1.11. The highest BCUT2D eigenvalue weighted by atomic mass is 16.5. The Morgan fingerprint density at radius 2 is 2.20 bits per heavy atom. The summed E-state index contributed by atoms with van der Waals surface area (Å²) in [5.41, 5.74) is 1.48. The highest BCUT2D eigenvalue weighted by Gasteiger charge is 2.21. The Labute approximate surface area is 120 Å². The van der Waals surface area contributed by atoms with Gasteiger partial charge in [0.15, 0.2) is 0 Å². The van der Waals surface area contributed by atoms with Crippen LogP contribution < -0.4 is 0 Å². The molecule has 0 unspecified atom stereocenters.